The van der Waals surface area contributed by atoms with Crippen molar-refractivity contribution >= 4 is 41.0 Å². The molecule has 0 bridgehead atoms. The highest BCUT2D eigenvalue weighted by atomic mass is 35.5. The highest BCUT2D eigenvalue weighted by molar-refractivity contribution is 7.99. The minimum Gasteiger partial charge on any atom is -0.351 e. The Morgan fingerprint density at radius 2 is 1.87 bits per heavy atom. The minimum absolute atomic E-state index is 0.199. The predicted octanol–water partition coefficient (Wildman–Crippen LogP) is 3.35. The number of nitrogens with two attached hydrogens (primary N) is 1. The first-order valence-corrected chi connectivity index (χ1v) is 8.24. The van der Waals surface area contributed by atoms with Gasteiger partial charge >= 0.3 is 6.03 Å². The lowest BCUT2D eigenvalue weighted by Crippen LogP contribution is -2.26. The molecule has 0 radical (unpaired) electrons. The summed E-state index contributed by atoms with van der Waals surface area (Å²) in [7, 11) is 0. The molecule has 4 N–H and O–H groups in total. The Labute approximate surface area is 143 Å². The molecular weight excluding hydrogens is 334 g/mol. The van der Waals surface area contributed by atoms with Crippen molar-refractivity contribution in [2.24, 2.45) is 5.73 Å². The van der Waals surface area contributed by atoms with Gasteiger partial charge in [-0.3, -0.25) is 4.79 Å². The highest BCUT2D eigenvalue weighted by Gasteiger charge is 2.06. The second-order valence-electron chi connectivity index (χ2n) is 4.63. The van der Waals surface area contributed by atoms with Crippen LogP contribution in [0.5, 0.6) is 0 Å². The van der Waals surface area contributed by atoms with Crippen LogP contribution in [0, 0.1) is 0 Å². The van der Waals surface area contributed by atoms with Crippen LogP contribution in [0.25, 0.3) is 0 Å². The quantitative estimate of drug-likeness (QED) is 0.552. The average Bonchev–Trinajstić information content (AvgIpc) is 2.52. The Morgan fingerprint density at radius 1 is 1.13 bits per heavy atom. The Balaban J connectivity index is 1.80. The molecule has 0 unspecified atom stereocenters. The molecule has 120 valence electrons. The molecule has 0 aromatic heterocycles. The van der Waals surface area contributed by atoms with E-state index in [0.29, 0.717) is 22.8 Å². The van der Waals surface area contributed by atoms with Crippen LogP contribution in [-0.2, 0) is 0 Å². The topological polar surface area (TPSA) is 84.2 Å². The summed E-state index contributed by atoms with van der Waals surface area (Å²) in [5.74, 6) is 0.543. The Morgan fingerprint density at radius 3 is 2.57 bits per heavy atom. The van der Waals surface area contributed by atoms with Gasteiger partial charge in [0, 0.05) is 33.5 Å². The van der Waals surface area contributed by atoms with Crippen molar-refractivity contribution in [3.63, 3.8) is 0 Å². The van der Waals surface area contributed by atoms with Crippen molar-refractivity contribution in [3.05, 3.63) is 59.1 Å². The third-order valence-electron chi connectivity index (χ3n) is 2.86. The fourth-order valence-electron chi connectivity index (χ4n) is 1.85. The number of halogens is 1. The number of primary amides is 1. The number of nitrogens with one attached hydrogen (secondary N) is 2. The molecule has 0 aliphatic rings. The lowest BCUT2D eigenvalue weighted by atomic mass is 10.2. The molecule has 7 heteroatoms. The van der Waals surface area contributed by atoms with E-state index in [1.807, 2.05) is 24.3 Å². The first-order valence-electron chi connectivity index (χ1n) is 6.87. The fraction of sp³-hybridized carbons (Fsp3) is 0.125. The number of carbonyl (C=O) groups is 2. The van der Waals surface area contributed by atoms with Gasteiger partial charge < -0.3 is 16.4 Å². The van der Waals surface area contributed by atoms with Gasteiger partial charge in [-0.05, 0) is 42.5 Å². The van der Waals surface area contributed by atoms with Crippen LogP contribution in [0.4, 0.5) is 10.5 Å². The molecule has 0 heterocycles. The molecule has 3 amide bonds. The van der Waals surface area contributed by atoms with Gasteiger partial charge in [0.15, 0.2) is 0 Å². The van der Waals surface area contributed by atoms with Crippen LogP contribution < -0.4 is 16.4 Å². The summed E-state index contributed by atoms with van der Waals surface area (Å²) in [5.41, 5.74) is 6.00. The lowest BCUT2D eigenvalue weighted by Gasteiger charge is -2.07. The number of urea groups is 1. The maximum absolute atomic E-state index is 12.1. The molecule has 0 saturated carbocycles. The van der Waals surface area contributed by atoms with Crippen molar-refractivity contribution in [3.8, 4) is 0 Å². The van der Waals surface area contributed by atoms with E-state index in [9.17, 15) is 9.59 Å². The van der Waals surface area contributed by atoms with Crippen LogP contribution >= 0.6 is 23.4 Å². The number of rotatable bonds is 6. The largest absolute Gasteiger partial charge is 0.351 e. The van der Waals surface area contributed by atoms with Gasteiger partial charge in [0.05, 0.1) is 0 Å². The number of anilines is 1. The van der Waals surface area contributed by atoms with E-state index in [1.165, 1.54) is 0 Å². The smallest absolute Gasteiger partial charge is 0.316 e. The number of benzene rings is 2. The highest BCUT2D eigenvalue weighted by Crippen LogP contribution is 2.19. The summed E-state index contributed by atoms with van der Waals surface area (Å²) < 4.78 is 0. The second-order valence-corrected chi connectivity index (χ2v) is 6.23. The number of hydrogen-bond acceptors (Lipinski definition) is 3. The predicted molar refractivity (Wildman–Crippen MR) is 94.2 cm³/mol. The molecular formula is C16H16ClN3O2S. The van der Waals surface area contributed by atoms with E-state index in [4.69, 9.17) is 17.3 Å². The lowest BCUT2D eigenvalue weighted by molar-refractivity contribution is 0.0956. The average molecular weight is 350 g/mol. The molecule has 0 saturated heterocycles. The zero-order chi connectivity index (χ0) is 16.7. The van der Waals surface area contributed by atoms with E-state index in [2.05, 4.69) is 10.6 Å². The van der Waals surface area contributed by atoms with Gasteiger partial charge in [0.2, 0.25) is 0 Å². The maximum Gasteiger partial charge on any atom is 0.316 e. The molecule has 23 heavy (non-hydrogen) atoms. The van der Waals surface area contributed by atoms with Crippen LogP contribution in [0.1, 0.15) is 10.4 Å². The van der Waals surface area contributed by atoms with Crippen molar-refractivity contribution < 1.29 is 9.59 Å². The normalized spacial score (nSPS) is 10.1. The summed E-state index contributed by atoms with van der Waals surface area (Å²) in [6, 6.07) is 13.5. The standard InChI is InChI=1S/C16H16ClN3O2S/c17-12-4-6-14(7-5-12)23-9-8-19-15(21)11-2-1-3-13(10-11)20-16(18)22/h1-7,10H,8-9H2,(H,19,21)(H3,18,20,22). The molecule has 0 fully saturated rings. The van der Waals surface area contributed by atoms with Gasteiger partial charge in [0.1, 0.15) is 0 Å². The van der Waals surface area contributed by atoms with Crippen LogP contribution in [0.3, 0.4) is 0 Å². The summed E-state index contributed by atoms with van der Waals surface area (Å²) >= 11 is 7.46. The zero-order valence-electron chi connectivity index (χ0n) is 12.2. The summed E-state index contributed by atoms with van der Waals surface area (Å²) in [6.45, 7) is 0.527. The van der Waals surface area contributed by atoms with Crippen molar-refractivity contribution in [2.75, 3.05) is 17.6 Å². The number of thioether (sulfide) groups is 1. The molecule has 0 spiro atoms. The third-order valence-corrected chi connectivity index (χ3v) is 4.13. The Bertz CT molecular complexity index is 692. The summed E-state index contributed by atoms with van der Waals surface area (Å²) in [6.07, 6.45) is 0. The monoisotopic (exact) mass is 349 g/mol. The fourth-order valence-corrected chi connectivity index (χ4v) is 2.74. The van der Waals surface area contributed by atoms with Crippen LogP contribution in [-0.4, -0.2) is 24.2 Å². The molecule has 2 aromatic carbocycles. The number of carbonyl (C=O) groups excluding carboxylic acids is 2. The summed E-state index contributed by atoms with van der Waals surface area (Å²) in [4.78, 5) is 24.0. The van der Waals surface area contributed by atoms with Crippen LogP contribution in [0.15, 0.2) is 53.4 Å². The van der Waals surface area contributed by atoms with Crippen molar-refractivity contribution in [1.82, 2.24) is 5.32 Å². The van der Waals surface area contributed by atoms with E-state index in [1.54, 1.807) is 36.0 Å². The number of hydrogen-bond donors (Lipinski definition) is 3. The minimum atomic E-state index is -0.665. The third kappa shape index (κ3) is 5.84. The first kappa shape index (κ1) is 17.2. The van der Waals surface area contributed by atoms with E-state index in [-0.39, 0.29) is 5.91 Å². The van der Waals surface area contributed by atoms with Crippen molar-refractivity contribution in [2.45, 2.75) is 4.90 Å². The molecule has 2 aromatic rings. The first-order chi connectivity index (χ1) is 11.0. The van der Waals surface area contributed by atoms with Crippen LogP contribution in [0.2, 0.25) is 5.02 Å². The van der Waals surface area contributed by atoms with Gasteiger partial charge in [-0.25, -0.2) is 4.79 Å². The number of amides is 3. The van der Waals surface area contributed by atoms with Gasteiger partial charge in [-0.2, -0.15) is 0 Å². The molecule has 0 aliphatic heterocycles. The molecule has 5 nitrogen and oxygen atoms in total. The molecule has 0 atom stereocenters. The Hall–Kier alpha value is -2.18. The van der Waals surface area contributed by atoms with Crippen molar-refractivity contribution in [1.29, 1.82) is 0 Å². The van der Waals surface area contributed by atoms with Gasteiger partial charge in [0.25, 0.3) is 5.91 Å². The zero-order valence-corrected chi connectivity index (χ0v) is 13.8. The van der Waals surface area contributed by atoms with E-state index < -0.39 is 6.03 Å². The molecule has 2 rings (SSSR count). The maximum atomic E-state index is 12.1. The summed E-state index contributed by atoms with van der Waals surface area (Å²) in [5, 5.41) is 5.97. The van der Waals surface area contributed by atoms with Gasteiger partial charge in [-0.15, -0.1) is 11.8 Å². The van der Waals surface area contributed by atoms with Gasteiger partial charge in [-0.1, -0.05) is 17.7 Å². The molecule has 0 aliphatic carbocycles. The Kier molecular flexibility index (Phi) is 6.31. The SMILES string of the molecule is NC(=O)Nc1cccc(C(=O)NCCSc2ccc(Cl)cc2)c1. The van der Waals surface area contributed by atoms with E-state index >= 15 is 0 Å². The second kappa shape index (κ2) is 8.45. The van der Waals surface area contributed by atoms with E-state index in [0.717, 1.165) is 10.6 Å².